The van der Waals surface area contributed by atoms with Crippen LogP contribution in [0.2, 0.25) is 0 Å². The molecule has 0 atom stereocenters. The minimum absolute atomic E-state index is 0.0384. The molecule has 0 spiro atoms. The fourth-order valence-corrected chi connectivity index (χ4v) is 1.25. The number of nitrogens with one attached hydrogen (secondary N) is 1. The molecule has 0 heterocycles. The average Bonchev–Trinajstić information content (AvgIpc) is 2.12. The smallest absolute Gasteiger partial charge is 0.131 e. The Morgan fingerprint density at radius 2 is 2.23 bits per heavy atom. The first-order valence-corrected chi connectivity index (χ1v) is 3.89. The van der Waals surface area contributed by atoms with Crippen molar-refractivity contribution in [3.05, 3.63) is 29.1 Å². The molecular weight excluding hydrogens is 173 g/mol. The van der Waals surface area contributed by atoms with Gasteiger partial charge in [0.1, 0.15) is 11.6 Å². The van der Waals surface area contributed by atoms with Crippen LogP contribution in [0.25, 0.3) is 0 Å². The van der Waals surface area contributed by atoms with Gasteiger partial charge in [-0.3, -0.25) is 0 Å². The molecule has 0 aromatic heterocycles. The van der Waals surface area contributed by atoms with Gasteiger partial charge in [-0.05, 0) is 18.6 Å². The Hall–Kier alpha value is -1.13. The lowest BCUT2D eigenvalue weighted by Crippen LogP contribution is -2.10. The summed E-state index contributed by atoms with van der Waals surface area (Å²) in [5, 5.41) is 8.48. The second kappa shape index (κ2) is 4.20. The molecule has 0 saturated heterocycles. The van der Waals surface area contributed by atoms with E-state index in [1.54, 1.807) is 6.07 Å². The predicted octanol–water partition coefficient (Wildman–Crippen LogP) is 1.62. The van der Waals surface area contributed by atoms with E-state index in [1.807, 2.05) is 12.4 Å². The van der Waals surface area contributed by atoms with Crippen LogP contribution in [0.15, 0.2) is 12.1 Å². The molecule has 3 nitrogen and oxygen atoms in total. The molecule has 13 heavy (non-hydrogen) atoms. The second-order valence-electron chi connectivity index (χ2n) is 2.71. The molecule has 1 aromatic carbocycles. The van der Waals surface area contributed by atoms with Gasteiger partial charge in [0.2, 0.25) is 0 Å². The van der Waals surface area contributed by atoms with Crippen LogP contribution in [0.3, 0.4) is 0 Å². The molecule has 1 rings (SSSR count). The number of hydrogen-bond donors (Lipinski definition) is 2. The number of hydrogen-bond acceptors (Lipinski definition) is 3. The van der Waals surface area contributed by atoms with Gasteiger partial charge in [-0.25, -0.2) is 9.87 Å². The van der Waals surface area contributed by atoms with Crippen molar-refractivity contribution in [2.75, 3.05) is 7.11 Å². The highest BCUT2D eigenvalue weighted by atomic mass is 19.1. The third kappa shape index (κ3) is 1.96. The predicted molar refractivity (Wildman–Crippen MR) is 46.3 cm³/mol. The molecule has 0 aliphatic rings. The highest BCUT2D eigenvalue weighted by Crippen LogP contribution is 2.25. The van der Waals surface area contributed by atoms with Crippen LogP contribution in [0.1, 0.15) is 11.1 Å². The van der Waals surface area contributed by atoms with Gasteiger partial charge in [-0.2, -0.15) is 0 Å². The molecule has 0 radical (unpaired) electrons. The SMILES string of the molecule is COc1c(C)ccc(F)c1CNO. The molecule has 72 valence electrons. The summed E-state index contributed by atoms with van der Waals surface area (Å²) >= 11 is 0. The Morgan fingerprint density at radius 1 is 1.54 bits per heavy atom. The van der Waals surface area contributed by atoms with E-state index in [2.05, 4.69) is 0 Å². The van der Waals surface area contributed by atoms with Crippen molar-refractivity contribution in [2.45, 2.75) is 13.5 Å². The van der Waals surface area contributed by atoms with E-state index in [-0.39, 0.29) is 12.4 Å². The molecule has 0 saturated carbocycles. The number of hydroxylamine groups is 1. The first-order chi connectivity index (χ1) is 6.20. The molecule has 2 N–H and O–H groups in total. The first-order valence-electron chi connectivity index (χ1n) is 3.89. The summed E-state index contributed by atoms with van der Waals surface area (Å²) in [6.07, 6.45) is 0. The summed E-state index contributed by atoms with van der Waals surface area (Å²) < 4.78 is 18.2. The van der Waals surface area contributed by atoms with Crippen LogP contribution in [0.5, 0.6) is 5.75 Å². The van der Waals surface area contributed by atoms with Crippen molar-refractivity contribution in [3.8, 4) is 5.75 Å². The monoisotopic (exact) mass is 185 g/mol. The molecular formula is C9H12FNO2. The van der Waals surface area contributed by atoms with Crippen molar-refractivity contribution in [3.63, 3.8) is 0 Å². The van der Waals surface area contributed by atoms with Crippen molar-refractivity contribution in [2.24, 2.45) is 0 Å². The van der Waals surface area contributed by atoms with Crippen molar-refractivity contribution < 1.29 is 14.3 Å². The van der Waals surface area contributed by atoms with Crippen molar-refractivity contribution >= 4 is 0 Å². The minimum atomic E-state index is -0.385. The molecule has 0 aliphatic carbocycles. The summed E-state index contributed by atoms with van der Waals surface area (Å²) in [5.41, 5.74) is 3.09. The van der Waals surface area contributed by atoms with Crippen LogP contribution >= 0.6 is 0 Å². The summed E-state index contributed by atoms with van der Waals surface area (Å²) in [7, 11) is 1.47. The lowest BCUT2D eigenvalue weighted by molar-refractivity contribution is 0.158. The Bertz CT molecular complexity index is 302. The molecule has 0 unspecified atom stereocenters. The number of rotatable bonds is 3. The zero-order valence-corrected chi connectivity index (χ0v) is 7.60. The zero-order valence-electron chi connectivity index (χ0n) is 7.60. The fraction of sp³-hybridized carbons (Fsp3) is 0.333. The maximum atomic E-state index is 13.2. The third-order valence-corrected chi connectivity index (χ3v) is 1.86. The van der Waals surface area contributed by atoms with Crippen LogP contribution in [-0.4, -0.2) is 12.3 Å². The highest BCUT2D eigenvalue weighted by molar-refractivity contribution is 5.41. The van der Waals surface area contributed by atoms with Crippen LogP contribution in [0, 0.1) is 12.7 Å². The third-order valence-electron chi connectivity index (χ3n) is 1.86. The number of ether oxygens (including phenoxy) is 1. The number of methoxy groups -OCH3 is 1. The Labute approximate surface area is 76.1 Å². The van der Waals surface area contributed by atoms with Gasteiger partial charge in [-0.15, -0.1) is 0 Å². The van der Waals surface area contributed by atoms with Crippen molar-refractivity contribution in [1.82, 2.24) is 5.48 Å². The quantitative estimate of drug-likeness (QED) is 0.703. The normalized spacial score (nSPS) is 10.2. The topological polar surface area (TPSA) is 41.5 Å². The standard InChI is InChI=1S/C9H12FNO2/c1-6-3-4-8(10)7(5-11-12)9(6)13-2/h3-4,11-12H,5H2,1-2H3. The van der Waals surface area contributed by atoms with Gasteiger partial charge in [-0.1, -0.05) is 6.07 Å². The molecule has 0 fully saturated rings. The van der Waals surface area contributed by atoms with Crippen molar-refractivity contribution in [1.29, 1.82) is 0 Å². The Balaban J connectivity index is 3.18. The molecule has 0 bridgehead atoms. The summed E-state index contributed by atoms with van der Waals surface area (Å²) in [4.78, 5) is 0. The number of aryl methyl sites for hydroxylation is 1. The van der Waals surface area contributed by atoms with E-state index in [9.17, 15) is 4.39 Å². The number of benzene rings is 1. The van der Waals surface area contributed by atoms with Crippen LogP contribution in [-0.2, 0) is 6.54 Å². The summed E-state index contributed by atoms with van der Waals surface area (Å²) in [6, 6.07) is 2.99. The lowest BCUT2D eigenvalue weighted by atomic mass is 10.1. The minimum Gasteiger partial charge on any atom is -0.496 e. The van der Waals surface area contributed by atoms with E-state index < -0.39 is 0 Å². The Kier molecular flexibility index (Phi) is 3.22. The maximum absolute atomic E-state index is 13.2. The number of halogens is 1. The Morgan fingerprint density at radius 3 is 2.77 bits per heavy atom. The van der Waals surface area contributed by atoms with E-state index in [1.165, 1.54) is 13.2 Å². The second-order valence-corrected chi connectivity index (χ2v) is 2.71. The maximum Gasteiger partial charge on any atom is 0.131 e. The summed E-state index contributed by atoms with van der Waals surface area (Å²) in [6.45, 7) is 1.86. The molecule has 1 aromatic rings. The van der Waals surface area contributed by atoms with Gasteiger partial charge in [0, 0.05) is 5.56 Å². The molecule has 0 amide bonds. The van der Waals surface area contributed by atoms with Gasteiger partial charge in [0.25, 0.3) is 0 Å². The van der Waals surface area contributed by atoms with E-state index in [0.717, 1.165) is 5.56 Å². The largest absolute Gasteiger partial charge is 0.496 e. The van der Waals surface area contributed by atoms with E-state index in [4.69, 9.17) is 9.94 Å². The van der Waals surface area contributed by atoms with E-state index >= 15 is 0 Å². The van der Waals surface area contributed by atoms with Gasteiger partial charge in [0.15, 0.2) is 0 Å². The van der Waals surface area contributed by atoms with Gasteiger partial charge < -0.3 is 9.94 Å². The lowest BCUT2D eigenvalue weighted by Gasteiger charge is -2.11. The average molecular weight is 185 g/mol. The zero-order chi connectivity index (χ0) is 9.84. The van der Waals surface area contributed by atoms with Crippen LogP contribution in [0.4, 0.5) is 4.39 Å². The molecule has 4 heteroatoms. The van der Waals surface area contributed by atoms with E-state index in [0.29, 0.717) is 11.3 Å². The van der Waals surface area contributed by atoms with Gasteiger partial charge >= 0.3 is 0 Å². The molecule has 0 aliphatic heterocycles. The first kappa shape index (κ1) is 9.95. The highest BCUT2D eigenvalue weighted by Gasteiger charge is 2.10. The van der Waals surface area contributed by atoms with Crippen LogP contribution < -0.4 is 10.2 Å². The summed E-state index contributed by atoms with van der Waals surface area (Å²) in [5.74, 6) is 0.0885. The fourth-order valence-electron chi connectivity index (χ4n) is 1.25. The van der Waals surface area contributed by atoms with Gasteiger partial charge in [0.05, 0.1) is 13.7 Å².